The SMILES string of the molecule is O=C1COC(CNC(=O)C23CC4CC(CC(C4)C2)C3)CN1c1ccccc1. The third kappa shape index (κ3) is 3.16. The Bertz CT molecular complexity index is 697. The Morgan fingerprint density at radius 3 is 2.33 bits per heavy atom. The van der Waals surface area contributed by atoms with Crippen LogP contribution in [0.4, 0.5) is 5.69 Å². The van der Waals surface area contributed by atoms with Crippen molar-refractivity contribution in [2.24, 2.45) is 23.2 Å². The van der Waals surface area contributed by atoms with Gasteiger partial charge in [-0.2, -0.15) is 0 Å². The highest BCUT2D eigenvalue weighted by Crippen LogP contribution is 2.60. The zero-order valence-corrected chi connectivity index (χ0v) is 15.7. The smallest absolute Gasteiger partial charge is 0.253 e. The lowest BCUT2D eigenvalue weighted by Gasteiger charge is -2.55. The predicted octanol–water partition coefficient (Wildman–Crippen LogP) is 2.75. The molecule has 144 valence electrons. The molecule has 1 atom stereocenters. The summed E-state index contributed by atoms with van der Waals surface area (Å²) in [7, 11) is 0. The highest BCUT2D eigenvalue weighted by atomic mass is 16.5. The van der Waals surface area contributed by atoms with Crippen molar-refractivity contribution in [3.8, 4) is 0 Å². The molecule has 27 heavy (non-hydrogen) atoms. The summed E-state index contributed by atoms with van der Waals surface area (Å²) in [5.74, 6) is 2.50. The Balaban J connectivity index is 1.21. The summed E-state index contributed by atoms with van der Waals surface area (Å²) in [6.07, 6.45) is 7.09. The average Bonchev–Trinajstić information content (AvgIpc) is 2.66. The Morgan fingerprint density at radius 1 is 1.07 bits per heavy atom. The minimum atomic E-state index is -0.152. The van der Waals surface area contributed by atoms with Crippen molar-refractivity contribution in [3.05, 3.63) is 30.3 Å². The lowest BCUT2D eigenvalue weighted by molar-refractivity contribution is -0.147. The molecule has 4 bridgehead atoms. The molecule has 5 fully saturated rings. The van der Waals surface area contributed by atoms with Crippen molar-refractivity contribution in [1.29, 1.82) is 0 Å². The van der Waals surface area contributed by atoms with E-state index in [1.54, 1.807) is 4.90 Å². The Labute approximate surface area is 160 Å². The van der Waals surface area contributed by atoms with E-state index in [0.29, 0.717) is 13.1 Å². The van der Waals surface area contributed by atoms with Crippen LogP contribution in [0.2, 0.25) is 0 Å². The summed E-state index contributed by atoms with van der Waals surface area (Å²) in [5, 5.41) is 3.19. The number of hydrogen-bond acceptors (Lipinski definition) is 3. The number of amides is 2. The third-order valence-corrected chi connectivity index (χ3v) is 7.21. The van der Waals surface area contributed by atoms with Crippen LogP contribution >= 0.6 is 0 Å². The molecule has 1 heterocycles. The van der Waals surface area contributed by atoms with Gasteiger partial charge in [0.1, 0.15) is 6.61 Å². The van der Waals surface area contributed by atoms with Crippen LogP contribution in [0, 0.1) is 23.2 Å². The molecule has 0 radical (unpaired) electrons. The maximum atomic E-state index is 13.1. The second kappa shape index (κ2) is 6.62. The van der Waals surface area contributed by atoms with E-state index in [0.717, 1.165) is 42.7 Å². The summed E-state index contributed by atoms with van der Waals surface area (Å²) in [6.45, 7) is 1.05. The average molecular weight is 368 g/mol. The topological polar surface area (TPSA) is 58.6 Å². The molecule has 0 aromatic heterocycles. The lowest BCUT2D eigenvalue weighted by Crippen LogP contribution is -2.56. The van der Waals surface area contributed by atoms with Gasteiger partial charge < -0.3 is 15.0 Å². The fourth-order valence-corrected chi connectivity index (χ4v) is 6.39. The van der Waals surface area contributed by atoms with Crippen molar-refractivity contribution in [2.45, 2.75) is 44.6 Å². The number of nitrogens with one attached hydrogen (secondary N) is 1. The molecule has 1 aromatic carbocycles. The van der Waals surface area contributed by atoms with Gasteiger partial charge in [-0.3, -0.25) is 9.59 Å². The summed E-state index contributed by atoms with van der Waals surface area (Å²) < 4.78 is 5.71. The lowest BCUT2D eigenvalue weighted by atomic mass is 9.49. The van der Waals surface area contributed by atoms with Gasteiger partial charge in [-0.05, 0) is 68.4 Å². The first kappa shape index (κ1) is 17.2. The number of anilines is 1. The fraction of sp³-hybridized carbons (Fsp3) is 0.636. The Kier molecular flexibility index (Phi) is 4.23. The van der Waals surface area contributed by atoms with Gasteiger partial charge in [0.25, 0.3) is 5.91 Å². The van der Waals surface area contributed by atoms with Gasteiger partial charge in [0, 0.05) is 17.6 Å². The first-order valence-electron chi connectivity index (χ1n) is 10.4. The molecule has 1 aliphatic heterocycles. The zero-order valence-electron chi connectivity index (χ0n) is 15.7. The Hall–Kier alpha value is -1.88. The van der Waals surface area contributed by atoms with Gasteiger partial charge in [0.2, 0.25) is 5.91 Å². The molecular weight excluding hydrogens is 340 g/mol. The van der Waals surface area contributed by atoms with Crippen molar-refractivity contribution in [3.63, 3.8) is 0 Å². The van der Waals surface area contributed by atoms with E-state index in [4.69, 9.17) is 4.74 Å². The van der Waals surface area contributed by atoms with E-state index in [1.165, 1.54) is 19.3 Å². The van der Waals surface area contributed by atoms with Crippen molar-refractivity contribution < 1.29 is 14.3 Å². The number of nitrogens with zero attached hydrogens (tertiary/aromatic N) is 1. The number of ether oxygens (including phenoxy) is 1. The van der Waals surface area contributed by atoms with Crippen molar-refractivity contribution in [1.82, 2.24) is 5.32 Å². The van der Waals surface area contributed by atoms with Crippen LogP contribution in [0.1, 0.15) is 38.5 Å². The fourth-order valence-electron chi connectivity index (χ4n) is 6.39. The molecule has 5 aliphatic rings. The minimum Gasteiger partial charge on any atom is -0.365 e. The molecule has 5 nitrogen and oxygen atoms in total. The van der Waals surface area contributed by atoms with E-state index in [9.17, 15) is 9.59 Å². The van der Waals surface area contributed by atoms with Crippen LogP contribution in [0.3, 0.4) is 0 Å². The number of hydrogen-bond donors (Lipinski definition) is 1. The van der Waals surface area contributed by atoms with Crippen LogP contribution in [-0.4, -0.2) is 37.6 Å². The summed E-state index contributed by atoms with van der Waals surface area (Å²) in [5.41, 5.74) is 0.765. The second-order valence-corrected chi connectivity index (χ2v) is 9.18. The molecule has 5 heteroatoms. The van der Waals surface area contributed by atoms with Crippen LogP contribution < -0.4 is 10.2 Å². The molecule has 4 saturated carbocycles. The molecule has 6 rings (SSSR count). The van der Waals surface area contributed by atoms with Gasteiger partial charge >= 0.3 is 0 Å². The largest absolute Gasteiger partial charge is 0.365 e. The quantitative estimate of drug-likeness (QED) is 0.889. The first-order valence-corrected chi connectivity index (χ1v) is 10.4. The number of para-hydroxylation sites is 1. The van der Waals surface area contributed by atoms with E-state index in [-0.39, 0.29) is 29.9 Å². The molecule has 4 aliphatic carbocycles. The molecule has 1 N–H and O–H groups in total. The van der Waals surface area contributed by atoms with Crippen LogP contribution in [0.25, 0.3) is 0 Å². The first-order chi connectivity index (χ1) is 13.1. The van der Waals surface area contributed by atoms with Gasteiger partial charge in [0.15, 0.2) is 0 Å². The number of benzene rings is 1. The minimum absolute atomic E-state index is 0.0233. The molecular formula is C22H28N2O3. The van der Waals surface area contributed by atoms with Gasteiger partial charge in [-0.25, -0.2) is 0 Å². The monoisotopic (exact) mass is 368 g/mol. The third-order valence-electron chi connectivity index (χ3n) is 7.21. The molecule has 1 unspecified atom stereocenters. The number of rotatable bonds is 4. The van der Waals surface area contributed by atoms with Crippen LogP contribution in [0.15, 0.2) is 30.3 Å². The van der Waals surface area contributed by atoms with E-state index in [2.05, 4.69) is 5.32 Å². The Morgan fingerprint density at radius 2 is 1.70 bits per heavy atom. The van der Waals surface area contributed by atoms with Crippen molar-refractivity contribution in [2.75, 3.05) is 24.6 Å². The summed E-state index contributed by atoms with van der Waals surface area (Å²) in [6, 6.07) is 9.68. The predicted molar refractivity (Wildman–Crippen MR) is 102 cm³/mol. The summed E-state index contributed by atoms with van der Waals surface area (Å²) >= 11 is 0. The van der Waals surface area contributed by atoms with Crippen LogP contribution in [0.5, 0.6) is 0 Å². The van der Waals surface area contributed by atoms with Crippen LogP contribution in [-0.2, 0) is 14.3 Å². The van der Waals surface area contributed by atoms with Crippen molar-refractivity contribution >= 4 is 17.5 Å². The molecule has 1 aromatic rings. The molecule has 2 amide bonds. The number of carbonyl (C=O) groups excluding carboxylic acids is 2. The molecule has 1 saturated heterocycles. The normalized spacial score (nSPS) is 37.5. The van der Waals surface area contributed by atoms with E-state index in [1.807, 2.05) is 30.3 Å². The summed E-state index contributed by atoms with van der Waals surface area (Å²) in [4.78, 5) is 27.1. The van der Waals surface area contributed by atoms with E-state index < -0.39 is 0 Å². The zero-order chi connectivity index (χ0) is 18.4. The van der Waals surface area contributed by atoms with Gasteiger partial charge in [-0.15, -0.1) is 0 Å². The second-order valence-electron chi connectivity index (χ2n) is 9.18. The highest BCUT2D eigenvalue weighted by molar-refractivity contribution is 5.95. The van der Waals surface area contributed by atoms with Gasteiger partial charge in [0.05, 0.1) is 12.6 Å². The maximum Gasteiger partial charge on any atom is 0.253 e. The van der Waals surface area contributed by atoms with E-state index >= 15 is 0 Å². The number of carbonyl (C=O) groups is 2. The highest BCUT2D eigenvalue weighted by Gasteiger charge is 2.54. The van der Waals surface area contributed by atoms with Gasteiger partial charge in [-0.1, -0.05) is 18.2 Å². The maximum absolute atomic E-state index is 13.1. The standard InChI is InChI=1S/C22H28N2O3/c25-20-14-27-19(13-24(20)18-4-2-1-3-5-18)12-23-21(26)22-9-15-6-16(10-22)8-17(7-15)11-22/h1-5,15-17,19H,6-14H2,(H,23,26). The molecule has 0 spiro atoms. The number of morpholine rings is 1.